The summed E-state index contributed by atoms with van der Waals surface area (Å²) in [5, 5.41) is 9.34. The molecule has 0 aromatic heterocycles. The van der Waals surface area contributed by atoms with E-state index in [4.69, 9.17) is 4.74 Å². The number of hydrogen-bond acceptors (Lipinski definition) is 5. The predicted molar refractivity (Wildman–Crippen MR) is 76.9 cm³/mol. The number of ether oxygens (including phenoxy) is 1. The molecule has 0 aliphatic carbocycles. The molecular formula is C14H19NO5S. The fourth-order valence-electron chi connectivity index (χ4n) is 2.30. The smallest absolute Gasteiger partial charge is 0.255 e. The van der Waals surface area contributed by atoms with Gasteiger partial charge in [-0.15, -0.1) is 0 Å². The SMILES string of the molecule is CCS(=O)(=O)c1ccccc1C(=O)N1CCOCC1CO. The first kappa shape index (κ1) is 15.9. The minimum absolute atomic E-state index is 0.0423. The Bertz CT molecular complexity index is 614. The van der Waals surface area contributed by atoms with E-state index in [1.807, 2.05) is 0 Å². The highest BCUT2D eigenvalue weighted by Gasteiger charge is 2.30. The van der Waals surface area contributed by atoms with Crippen LogP contribution in [0.2, 0.25) is 0 Å². The molecule has 6 nitrogen and oxygen atoms in total. The average Bonchev–Trinajstić information content (AvgIpc) is 2.54. The van der Waals surface area contributed by atoms with E-state index >= 15 is 0 Å². The van der Waals surface area contributed by atoms with Gasteiger partial charge in [-0.25, -0.2) is 8.42 Å². The maximum absolute atomic E-state index is 12.6. The van der Waals surface area contributed by atoms with Crippen molar-refractivity contribution in [1.82, 2.24) is 4.90 Å². The number of benzene rings is 1. The molecule has 1 fully saturated rings. The Morgan fingerprint density at radius 1 is 1.43 bits per heavy atom. The molecule has 1 saturated heterocycles. The number of carbonyl (C=O) groups is 1. The number of rotatable bonds is 4. The number of amides is 1. The zero-order valence-corrected chi connectivity index (χ0v) is 12.7. The molecule has 0 radical (unpaired) electrons. The minimum Gasteiger partial charge on any atom is -0.394 e. The van der Waals surface area contributed by atoms with Crippen LogP contribution in [0.5, 0.6) is 0 Å². The lowest BCUT2D eigenvalue weighted by atomic mass is 10.1. The molecule has 1 aromatic rings. The second-order valence-electron chi connectivity index (χ2n) is 4.81. The topological polar surface area (TPSA) is 83.9 Å². The molecule has 1 aliphatic rings. The van der Waals surface area contributed by atoms with Gasteiger partial charge in [0.25, 0.3) is 5.91 Å². The van der Waals surface area contributed by atoms with Gasteiger partial charge in [0.2, 0.25) is 0 Å². The third-order valence-corrected chi connectivity index (χ3v) is 5.32. The molecule has 2 rings (SSSR count). The molecule has 1 amide bonds. The largest absolute Gasteiger partial charge is 0.394 e. The molecular weight excluding hydrogens is 294 g/mol. The Kier molecular flexibility index (Phi) is 4.97. The molecule has 1 atom stereocenters. The summed E-state index contributed by atoms with van der Waals surface area (Å²) in [7, 11) is -3.48. The second-order valence-corrected chi connectivity index (χ2v) is 7.06. The summed E-state index contributed by atoms with van der Waals surface area (Å²) in [6.45, 7) is 2.30. The van der Waals surface area contributed by atoms with Gasteiger partial charge in [-0.2, -0.15) is 0 Å². The fraction of sp³-hybridized carbons (Fsp3) is 0.500. The lowest BCUT2D eigenvalue weighted by molar-refractivity contribution is -0.0185. The summed E-state index contributed by atoms with van der Waals surface area (Å²) < 4.78 is 29.5. The van der Waals surface area contributed by atoms with E-state index in [0.717, 1.165) is 0 Å². The Morgan fingerprint density at radius 2 is 2.14 bits per heavy atom. The van der Waals surface area contributed by atoms with Crippen molar-refractivity contribution in [3.63, 3.8) is 0 Å². The van der Waals surface area contributed by atoms with E-state index in [2.05, 4.69) is 0 Å². The van der Waals surface area contributed by atoms with Crippen LogP contribution in [0.25, 0.3) is 0 Å². The average molecular weight is 313 g/mol. The first-order chi connectivity index (χ1) is 10.0. The van der Waals surface area contributed by atoms with E-state index in [0.29, 0.717) is 13.2 Å². The summed E-state index contributed by atoms with van der Waals surface area (Å²) in [6, 6.07) is 5.75. The number of aliphatic hydroxyl groups is 1. The molecule has 0 spiro atoms. The van der Waals surface area contributed by atoms with Crippen molar-refractivity contribution in [2.75, 3.05) is 32.1 Å². The van der Waals surface area contributed by atoms with Crippen LogP contribution in [-0.2, 0) is 14.6 Å². The van der Waals surface area contributed by atoms with Gasteiger partial charge in [0.1, 0.15) is 0 Å². The number of aliphatic hydroxyl groups excluding tert-OH is 1. The second kappa shape index (κ2) is 6.55. The van der Waals surface area contributed by atoms with Crippen LogP contribution in [0.4, 0.5) is 0 Å². The summed E-state index contributed by atoms with van der Waals surface area (Å²) in [4.78, 5) is 14.2. The van der Waals surface area contributed by atoms with Crippen molar-refractivity contribution in [3.05, 3.63) is 29.8 Å². The third-order valence-electron chi connectivity index (χ3n) is 3.53. The van der Waals surface area contributed by atoms with E-state index in [9.17, 15) is 18.3 Å². The molecule has 1 heterocycles. The van der Waals surface area contributed by atoms with Crippen LogP contribution >= 0.6 is 0 Å². The first-order valence-electron chi connectivity index (χ1n) is 6.82. The van der Waals surface area contributed by atoms with E-state index in [1.165, 1.54) is 17.0 Å². The van der Waals surface area contributed by atoms with Gasteiger partial charge in [0.15, 0.2) is 9.84 Å². The van der Waals surface area contributed by atoms with E-state index in [-0.39, 0.29) is 35.3 Å². The van der Waals surface area contributed by atoms with E-state index in [1.54, 1.807) is 19.1 Å². The molecule has 1 aliphatic heterocycles. The lowest BCUT2D eigenvalue weighted by Crippen LogP contribution is -2.50. The normalized spacial score (nSPS) is 19.5. The van der Waals surface area contributed by atoms with Crippen LogP contribution in [0.3, 0.4) is 0 Å². The maximum Gasteiger partial charge on any atom is 0.255 e. The van der Waals surface area contributed by atoms with Gasteiger partial charge in [-0.05, 0) is 12.1 Å². The predicted octanol–water partition coefficient (Wildman–Crippen LogP) is 0.313. The van der Waals surface area contributed by atoms with Crippen LogP contribution in [0.15, 0.2) is 29.2 Å². The molecule has 21 heavy (non-hydrogen) atoms. The number of hydrogen-bond donors (Lipinski definition) is 1. The van der Waals surface area contributed by atoms with E-state index < -0.39 is 15.9 Å². The highest BCUT2D eigenvalue weighted by Crippen LogP contribution is 2.21. The van der Waals surface area contributed by atoms with Crippen molar-refractivity contribution in [3.8, 4) is 0 Å². The number of carbonyl (C=O) groups excluding carboxylic acids is 1. The highest BCUT2D eigenvalue weighted by molar-refractivity contribution is 7.91. The van der Waals surface area contributed by atoms with Gasteiger partial charge in [-0.1, -0.05) is 19.1 Å². The standard InChI is InChI=1S/C14H19NO5S/c1-2-21(18,19)13-6-4-3-5-12(13)14(17)15-7-8-20-10-11(15)9-16/h3-6,11,16H,2,7-10H2,1H3. The molecule has 0 saturated carbocycles. The quantitative estimate of drug-likeness (QED) is 0.865. The molecule has 1 N–H and O–H groups in total. The molecule has 7 heteroatoms. The van der Waals surface area contributed by atoms with Gasteiger partial charge in [-0.3, -0.25) is 4.79 Å². The van der Waals surface area contributed by atoms with Crippen LogP contribution in [0.1, 0.15) is 17.3 Å². The fourth-order valence-corrected chi connectivity index (χ4v) is 3.39. The van der Waals surface area contributed by atoms with Crippen molar-refractivity contribution in [2.24, 2.45) is 0 Å². The van der Waals surface area contributed by atoms with Gasteiger partial charge in [0.05, 0.1) is 42.1 Å². The zero-order valence-electron chi connectivity index (χ0n) is 11.9. The summed E-state index contributed by atoms with van der Waals surface area (Å²) in [5.74, 6) is -0.450. The third kappa shape index (κ3) is 3.25. The summed E-state index contributed by atoms with van der Waals surface area (Å²) >= 11 is 0. The van der Waals surface area contributed by atoms with Crippen molar-refractivity contribution >= 4 is 15.7 Å². The Labute approximate surface area is 124 Å². The Hall–Kier alpha value is -1.44. The number of morpholine rings is 1. The molecule has 1 aromatic carbocycles. The molecule has 116 valence electrons. The van der Waals surface area contributed by atoms with Crippen molar-refractivity contribution in [2.45, 2.75) is 17.9 Å². The zero-order chi connectivity index (χ0) is 15.5. The summed E-state index contributed by atoms with van der Waals surface area (Å²) in [6.07, 6.45) is 0. The Morgan fingerprint density at radius 3 is 2.81 bits per heavy atom. The maximum atomic E-state index is 12.6. The minimum atomic E-state index is -3.48. The lowest BCUT2D eigenvalue weighted by Gasteiger charge is -2.34. The Balaban J connectivity index is 2.40. The van der Waals surface area contributed by atoms with Crippen molar-refractivity contribution < 1.29 is 23.1 Å². The van der Waals surface area contributed by atoms with Crippen LogP contribution < -0.4 is 0 Å². The van der Waals surface area contributed by atoms with Crippen LogP contribution in [-0.4, -0.2) is 62.5 Å². The molecule has 0 bridgehead atoms. The van der Waals surface area contributed by atoms with Gasteiger partial charge < -0.3 is 14.7 Å². The van der Waals surface area contributed by atoms with Crippen molar-refractivity contribution in [1.29, 1.82) is 0 Å². The van der Waals surface area contributed by atoms with Gasteiger partial charge in [0, 0.05) is 6.54 Å². The number of nitrogens with zero attached hydrogens (tertiary/aromatic N) is 1. The molecule has 1 unspecified atom stereocenters. The highest BCUT2D eigenvalue weighted by atomic mass is 32.2. The first-order valence-corrected chi connectivity index (χ1v) is 8.48. The summed E-state index contributed by atoms with van der Waals surface area (Å²) in [5.41, 5.74) is 0.153. The monoisotopic (exact) mass is 313 g/mol. The van der Waals surface area contributed by atoms with Gasteiger partial charge >= 0.3 is 0 Å². The number of sulfone groups is 1. The van der Waals surface area contributed by atoms with Crippen LogP contribution in [0, 0.1) is 0 Å².